The summed E-state index contributed by atoms with van der Waals surface area (Å²) in [5.74, 6) is 0.586. The molecule has 0 aliphatic carbocycles. The molecule has 0 saturated carbocycles. The predicted molar refractivity (Wildman–Crippen MR) is 92.6 cm³/mol. The number of urea groups is 1. The summed E-state index contributed by atoms with van der Waals surface area (Å²) < 4.78 is 7.23. The molecular formula is C17H21N5O3. The van der Waals surface area contributed by atoms with Gasteiger partial charge in [-0.3, -0.25) is 10.1 Å². The summed E-state index contributed by atoms with van der Waals surface area (Å²) in [6.07, 6.45) is 1.42. The van der Waals surface area contributed by atoms with Crippen LogP contribution in [0.4, 0.5) is 10.6 Å². The average molecular weight is 343 g/mol. The van der Waals surface area contributed by atoms with Crippen molar-refractivity contribution in [1.29, 1.82) is 0 Å². The zero-order valence-corrected chi connectivity index (χ0v) is 14.0. The number of rotatable bonds is 4. The Morgan fingerprint density at radius 1 is 1.28 bits per heavy atom. The summed E-state index contributed by atoms with van der Waals surface area (Å²) in [5.41, 5.74) is 0.857. The number of para-hydroxylation sites is 1. The summed E-state index contributed by atoms with van der Waals surface area (Å²) in [6.45, 7) is 3.42. The van der Waals surface area contributed by atoms with Crippen LogP contribution in [0.5, 0.6) is 0 Å². The summed E-state index contributed by atoms with van der Waals surface area (Å²) >= 11 is 0. The van der Waals surface area contributed by atoms with Gasteiger partial charge in [-0.25, -0.2) is 9.48 Å². The number of amides is 3. The molecule has 25 heavy (non-hydrogen) atoms. The molecule has 3 amide bonds. The van der Waals surface area contributed by atoms with Crippen LogP contribution >= 0.6 is 0 Å². The molecule has 1 aromatic carbocycles. The van der Waals surface area contributed by atoms with E-state index in [1.165, 1.54) is 6.92 Å². The molecule has 1 unspecified atom stereocenters. The molecule has 1 aliphatic heterocycles. The Kier molecular flexibility index (Phi) is 5.30. The van der Waals surface area contributed by atoms with Crippen LogP contribution in [-0.2, 0) is 9.53 Å². The minimum atomic E-state index is -0.346. The highest BCUT2D eigenvalue weighted by molar-refractivity contribution is 5.88. The van der Waals surface area contributed by atoms with Crippen molar-refractivity contribution in [3.8, 4) is 5.69 Å². The molecule has 2 aromatic rings. The van der Waals surface area contributed by atoms with Crippen LogP contribution < -0.4 is 10.6 Å². The molecule has 1 fully saturated rings. The Morgan fingerprint density at radius 2 is 2.08 bits per heavy atom. The molecule has 3 rings (SSSR count). The number of nitrogens with zero attached hydrogens (tertiary/aromatic N) is 3. The Morgan fingerprint density at radius 3 is 2.84 bits per heavy atom. The lowest BCUT2D eigenvalue weighted by atomic mass is 10.2. The van der Waals surface area contributed by atoms with Crippen molar-refractivity contribution < 1.29 is 14.3 Å². The van der Waals surface area contributed by atoms with Crippen LogP contribution in [0.1, 0.15) is 6.92 Å². The maximum atomic E-state index is 12.2. The standard InChI is InChI=1S/C17H21N5O3/c1-13(23)21-9-10-25-15(12-21)11-18-17(24)20-16-7-8-19-22(16)14-5-3-2-4-6-14/h2-8,15H,9-12H2,1H3,(H2,18,20,24). The largest absolute Gasteiger partial charge is 0.373 e. The van der Waals surface area contributed by atoms with Gasteiger partial charge >= 0.3 is 6.03 Å². The third kappa shape index (κ3) is 4.36. The van der Waals surface area contributed by atoms with Crippen molar-refractivity contribution in [2.75, 3.05) is 31.6 Å². The molecular weight excluding hydrogens is 322 g/mol. The number of nitrogens with one attached hydrogen (secondary N) is 2. The van der Waals surface area contributed by atoms with Crippen molar-refractivity contribution >= 4 is 17.8 Å². The van der Waals surface area contributed by atoms with Gasteiger partial charge in [0.05, 0.1) is 24.6 Å². The van der Waals surface area contributed by atoms with Crippen molar-refractivity contribution in [3.63, 3.8) is 0 Å². The Labute approximate surface area is 145 Å². The van der Waals surface area contributed by atoms with E-state index >= 15 is 0 Å². The highest BCUT2D eigenvalue weighted by Crippen LogP contribution is 2.14. The van der Waals surface area contributed by atoms with Crippen LogP contribution in [0, 0.1) is 0 Å². The summed E-state index contributed by atoms with van der Waals surface area (Å²) in [7, 11) is 0. The highest BCUT2D eigenvalue weighted by atomic mass is 16.5. The monoisotopic (exact) mass is 343 g/mol. The number of anilines is 1. The fraction of sp³-hybridized carbons (Fsp3) is 0.353. The third-order valence-electron chi connectivity index (χ3n) is 3.96. The second kappa shape index (κ2) is 7.80. The molecule has 132 valence electrons. The lowest BCUT2D eigenvalue weighted by Crippen LogP contribution is -2.49. The topological polar surface area (TPSA) is 88.5 Å². The SMILES string of the molecule is CC(=O)N1CCOC(CNC(=O)Nc2ccnn2-c2ccccc2)C1. The van der Waals surface area contributed by atoms with E-state index in [0.29, 0.717) is 32.1 Å². The van der Waals surface area contributed by atoms with E-state index in [-0.39, 0.29) is 18.0 Å². The van der Waals surface area contributed by atoms with Gasteiger partial charge in [-0.2, -0.15) is 5.10 Å². The number of morpholine rings is 1. The van der Waals surface area contributed by atoms with E-state index in [4.69, 9.17) is 4.74 Å². The van der Waals surface area contributed by atoms with Crippen LogP contribution in [-0.4, -0.2) is 59.0 Å². The van der Waals surface area contributed by atoms with Gasteiger partial charge in [0.1, 0.15) is 5.82 Å². The second-order valence-corrected chi connectivity index (χ2v) is 5.76. The van der Waals surface area contributed by atoms with E-state index in [1.807, 2.05) is 30.3 Å². The molecule has 1 aromatic heterocycles. The first-order chi connectivity index (χ1) is 12.1. The number of benzene rings is 1. The van der Waals surface area contributed by atoms with Crippen molar-refractivity contribution in [3.05, 3.63) is 42.6 Å². The van der Waals surface area contributed by atoms with Crippen LogP contribution in [0.2, 0.25) is 0 Å². The summed E-state index contributed by atoms with van der Waals surface area (Å²) in [4.78, 5) is 25.3. The average Bonchev–Trinajstić information content (AvgIpc) is 3.09. The van der Waals surface area contributed by atoms with Crippen molar-refractivity contribution in [2.45, 2.75) is 13.0 Å². The fourth-order valence-corrected chi connectivity index (χ4v) is 2.67. The number of hydrogen-bond acceptors (Lipinski definition) is 4. The normalized spacial score (nSPS) is 17.2. The zero-order chi connectivity index (χ0) is 17.6. The lowest BCUT2D eigenvalue weighted by molar-refractivity contribution is -0.136. The molecule has 0 bridgehead atoms. The number of ether oxygens (including phenoxy) is 1. The minimum absolute atomic E-state index is 0.0181. The minimum Gasteiger partial charge on any atom is -0.373 e. The molecule has 8 heteroatoms. The molecule has 1 atom stereocenters. The number of aromatic nitrogens is 2. The molecule has 1 saturated heterocycles. The first kappa shape index (κ1) is 17.0. The van der Waals surface area contributed by atoms with Gasteiger partial charge < -0.3 is 15.0 Å². The molecule has 1 aliphatic rings. The molecule has 0 spiro atoms. The Bertz CT molecular complexity index is 731. The van der Waals surface area contributed by atoms with Crippen molar-refractivity contribution in [1.82, 2.24) is 20.0 Å². The van der Waals surface area contributed by atoms with Gasteiger partial charge in [-0.05, 0) is 12.1 Å². The fourth-order valence-electron chi connectivity index (χ4n) is 2.67. The van der Waals surface area contributed by atoms with Crippen LogP contribution in [0.25, 0.3) is 5.69 Å². The number of carbonyl (C=O) groups is 2. The first-order valence-electron chi connectivity index (χ1n) is 8.15. The highest BCUT2D eigenvalue weighted by Gasteiger charge is 2.22. The van der Waals surface area contributed by atoms with Gasteiger partial charge in [-0.1, -0.05) is 18.2 Å². The van der Waals surface area contributed by atoms with Crippen LogP contribution in [0.15, 0.2) is 42.6 Å². The quantitative estimate of drug-likeness (QED) is 0.874. The van der Waals surface area contributed by atoms with Gasteiger partial charge in [0.2, 0.25) is 5.91 Å². The van der Waals surface area contributed by atoms with E-state index < -0.39 is 0 Å². The van der Waals surface area contributed by atoms with E-state index in [2.05, 4.69) is 15.7 Å². The smallest absolute Gasteiger partial charge is 0.320 e. The molecule has 0 radical (unpaired) electrons. The van der Waals surface area contributed by atoms with Gasteiger partial charge in [-0.15, -0.1) is 0 Å². The van der Waals surface area contributed by atoms with E-state index in [0.717, 1.165) is 5.69 Å². The predicted octanol–water partition coefficient (Wildman–Crippen LogP) is 1.24. The van der Waals surface area contributed by atoms with E-state index in [9.17, 15) is 9.59 Å². The van der Waals surface area contributed by atoms with Crippen LogP contribution in [0.3, 0.4) is 0 Å². The summed E-state index contributed by atoms with van der Waals surface area (Å²) in [6, 6.07) is 10.9. The third-order valence-corrected chi connectivity index (χ3v) is 3.96. The van der Waals surface area contributed by atoms with Gasteiger partial charge in [0.25, 0.3) is 0 Å². The van der Waals surface area contributed by atoms with Gasteiger partial charge in [0, 0.05) is 32.6 Å². The lowest BCUT2D eigenvalue weighted by Gasteiger charge is -2.32. The number of carbonyl (C=O) groups excluding carboxylic acids is 2. The van der Waals surface area contributed by atoms with E-state index in [1.54, 1.807) is 21.8 Å². The Balaban J connectivity index is 1.54. The second-order valence-electron chi connectivity index (χ2n) is 5.76. The summed E-state index contributed by atoms with van der Waals surface area (Å²) in [5, 5.41) is 9.78. The molecule has 8 nitrogen and oxygen atoms in total. The Hall–Kier alpha value is -2.87. The maximum Gasteiger partial charge on any atom is 0.320 e. The molecule has 2 N–H and O–H groups in total. The molecule has 2 heterocycles. The zero-order valence-electron chi connectivity index (χ0n) is 14.0. The van der Waals surface area contributed by atoms with Gasteiger partial charge in [0.15, 0.2) is 0 Å². The number of hydrogen-bond donors (Lipinski definition) is 2. The maximum absolute atomic E-state index is 12.2. The van der Waals surface area contributed by atoms with Crippen molar-refractivity contribution in [2.24, 2.45) is 0 Å². The first-order valence-corrected chi connectivity index (χ1v) is 8.15.